The normalized spacial score (nSPS) is 10.0. The maximum Gasteiger partial charge on any atom is 0.289 e. The van der Waals surface area contributed by atoms with Gasteiger partial charge >= 0.3 is 0 Å². The molecule has 0 saturated heterocycles. The van der Waals surface area contributed by atoms with E-state index in [1.165, 1.54) is 12.1 Å². The molecule has 5 nitrogen and oxygen atoms in total. The monoisotopic (exact) mass is 281 g/mol. The van der Waals surface area contributed by atoms with Crippen LogP contribution >= 0.6 is 0 Å². The largest absolute Gasteiger partial charge is 0.344 e. The Hall–Kier alpha value is -2.87. The van der Waals surface area contributed by atoms with Gasteiger partial charge in [0.15, 0.2) is 0 Å². The van der Waals surface area contributed by atoms with Gasteiger partial charge in [-0.05, 0) is 37.6 Å². The van der Waals surface area contributed by atoms with E-state index in [4.69, 9.17) is 5.26 Å². The quantitative estimate of drug-likeness (QED) is 0.633. The summed E-state index contributed by atoms with van der Waals surface area (Å²) in [5.74, 6) is 0. The first kappa shape index (κ1) is 14.5. The number of nitriles is 1. The smallest absolute Gasteiger partial charge is 0.289 e. The van der Waals surface area contributed by atoms with Crippen LogP contribution in [0.25, 0.3) is 0 Å². The Bertz CT molecular complexity index is 748. The second-order valence-corrected chi connectivity index (χ2v) is 4.92. The predicted octanol–water partition coefficient (Wildman–Crippen LogP) is 3.85. The molecular formula is C16H15N3O2. The summed E-state index contributed by atoms with van der Waals surface area (Å²) < 4.78 is 0. The zero-order valence-electron chi connectivity index (χ0n) is 12.1. The third-order valence-electron chi connectivity index (χ3n) is 3.40. The molecule has 0 amide bonds. The van der Waals surface area contributed by atoms with Crippen LogP contribution in [0.1, 0.15) is 16.7 Å². The molecule has 2 rings (SSSR count). The molecule has 0 atom stereocenters. The summed E-state index contributed by atoms with van der Waals surface area (Å²) in [7, 11) is 1.85. The fraction of sp³-hybridized carbons (Fsp3) is 0.188. The van der Waals surface area contributed by atoms with E-state index in [2.05, 4.69) is 6.07 Å². The Labute approximate surface area is 123 Å². The van der Waals surface area contributed by atoms with Crippen LogP contribution in [-0.4, -0.2) is 12.0 Å². The van der Waals surface area contributed by atoms with Crippen LogP contribution in [0.2, 0.25) is 0 Å². The van der Waals surface area contributed by atoms with Gasteiger partial charge in [-0.25, -0.2) is 0 Å². The minimum atomic E-state index is -0.530. The molecule has 0 radical (unpaired) electrons. The van der Waals surface area contributed by atoms with E-state index in [1.807, 2.05) is 44.0 Å². The molecule has 2 aromatic rings. The molecule has 0 aliphatic heterocycles. The lowest BCUT2D eigenvalue weighted by Gasteiger charge is -2.22. The van der Waals surface area contributed by atoms with Crippen molar-refractivity contribution < 1.29 is 4.92 Å². The first-order valence-corrected chi connectivity index (χ1v) is 6.43. The lowest BCUT2D eigenvalue weighted by molar-refractivity contribution is -0.385. The summed E-state index contributed by atoms with van der Waals surface area (Å²) in [6, 6.07) is 12.5. The van der Waals surface area contributed by atoms with E-state index < -0.39 is 4.92 Å². The average molecular weight is 281 g/mol. The van der Waals surface area contributed by atoms with E-state index in [1.54, 1.807) is 6.07 Å². The molecule has 106 valence electrons. The van der Waals surface area contributed by atoms with E-state index >= 15 is 0 Å². The molecule has 0 spiro atoms. The lowest BCUT2D eigenvalue weighted by Crippen LogP contribution is -2.11. The van der Waals surface area contributed by atoms with E-state index in [9.17, 15) is 10.1 Å². The van der Waals surface area contributed by atoms with Crippen LogP contribution in [0.15, 0.2) is 36.4 Å². The minimum absolute atomic E-state index is 0.0674. The summed E-state index contributed by atoms with van der Waals surface area (Å²) in [5, 5.41) is 20.0. The summed E-state index contributed by atoms with van der Waals surface area (Å²) in [6.45, 7) is 4.01. The fourth-order valence-corrected chi connectivity index (χ4v) is 2.30. The first-order chi connectivity index (χ1) is 9.93. The van der Waals surface area contributed by atoms with Crippen molar-refractivity contribution >= 4 is 17.1 Å². The molecule has 0 bridgehead atoms. The molecule has 0 aliphatic rings. The average Bonchev–Trinajstić information content (AvgIpc) is 2.45. The second kappa shape index (κ2) is 5.63. The Morgan fingerprint density at radius 3 is 2.48 bits per heavy atom. The van der Waals surface area contributed by atoms with Gasteiger partial charge in [0.1, 0.15) is 11.6 Å². The van der Waals surface area contributed by atoms with Crippen LogP contribution in [-0.2, 0) is 0 Å². The molecule has 0 aromatic heterocycles. The van der Waals surface area contributed by atoms with Crippen molar-refractivity contribution in [2.24, 2.45) is 0 Å². The highest BCUT2D eigenvalue weighted by atomic mass is 16.6. The fourth-order valence-electron chi connectivity index (χ4n) is 2.30. The van der Waals surface area contributed by atoms with Crippen LogP contribution in [0, 0.1) is 35.3 Å². The molecular weight excluding hydrogens is 266 g/mol. The number of nitro groups is 1. The van der Waals surface area contributed by atoms with Gasteiger partial charge in [-0.3, -0.25) is 10.1 Å². The molecule has 0 fully saturated rings. The standard InChI is InChI=1S/C16H15N3O2/c1-11-4-7-15(12(2)8-11)18(3)14-6-5-13(10-17)16(9-14)19(20)21/h4-9H,1-3H3. The highest BCUT2D eigenvalue weighted by molar-refractivity contribution is 5.69. The SMILES string of the molecule is Cc1ccc(N(C)c2ccc(C#N)c([N+](=O)[O-])c2)c(C)c1. The van der Waals surface area contributed by atoms with Crippen LogP contribution in [0.3, 0.4) is 0 Å². The van der Waals surface area contributed by atoms with Gasteiger partial charge in [0.25, 0.3) is 5.69 Å². The maximum atomic E-state index is 11.0. The topological polar surface area (TPSA) is 70.2 Å². The van der Waals surface area contributed by atoms with Crippen LogP contribution < -0.4 is 4.90 Å². The lowest BCUT2D eigenvalue weighted by atomic mass is 10.1. The third-order valence-corrected chi connectivity index (χ3v) is 3.40. The zero-order valence-corrected chi connectivity index (χ0v) is 12.1. The molecule has 0 N–H and O–H groups in total. The summed E-state index contributed by atoms with van der Waals surface area (Å²) in [4.78, 5) is 12.4. The Kier molecular flexibility index (Phi) is 3.90. The number of hydrogen-bond donors (Lipinski definition) is 0. The van der Waals surface area contributed by atoms with Crippen molar-refractivity contribution in [1.29, 1.82) is 5.26 Å². The molecule has 0 saturated carbocycles. The van der Waals surface area contributed by atoms with E-state index in [0.29, 0.717) is 5.69 Å². The Balaban J connectivity index is 2.49. The van der Waals surface area contributed by atoms with Crippen molar-refractivity contribution in [1.82, 2.24) is 0 Å². The Morgan fingerprint density at radius 1 is 1.19 bits per heavy atom. The van der Waals surface area contributed by atoms with Crippen molar-refractivity contribution in [2.75, 3.05) is 11.9 Å². The molecule has 2 aromatic carbocycles. The van der Waals surface area contributed by atoms with Gasteiger partial charge in [-0.15, -0.1) is 0 Å². The van der Waals surface area contributed by atoms with Crippen LogP contribution in [0.5, 0.6) is 0 Å². The summed E-state index contributed by atoms with van der Waals surface area (Å²) in [6.07, 6.45) is 0. The van der Waals surface area contributed by atoms with Crippen molar-refractivity contribution in [3.8, 4) is 6.07 Å². The van der Waals surface area contributed by atoms with Crippen LogP contribution in [0.4, 0.5) is 17.1 Å². The molecule has 21 heavy (non-hydrogen) atoms. The Morgan fingerprint density at radius 2 is 1.90 bits per heavy atom. The predicted molar refractivity (Wildman–Crippen MR) is 81.8 cm³/mol. The number of benzene rings is 2. The van der Waals surface area contributed by atoms with Gasteiger partial charge in [-0.1, -0.05) is 17.7 Å². The van der Waals surface area contributed by atoms with E-state index in [0.717, 1.165) is 16.8 Å². The minimum Gasteiger partial charge on any atom is -0.344 e. The highest BCUT2D eigenvalue weighted by Crippen LogP contribution is 2.31. The van der Waals surface area contributed by atoms with Gasteiger partial charge in [-0.2, -0.15) is 5.26 Å². The van der Waals surface area contributed by atoms with Crippen molar-refractivity contribution in [3.63, 3.8) is 0 Å². The van der Waals surface area contributed by atoms with Crippen molar-refractivity contribution in [3.05, 3.63) is 63.2 Å². The maximum absolute atomic E-state index is 11.0. The number of nitrogens with zero attached hydrogens (tertiary/aromatic N) is 3. The first-order valence-electron chi connectivity index (χ1n) is 6.43. The zero-order chi connectivity index (χ0) is 15.6. The number of rotatable bonds is 3. The molecule has 0 aliphatic carbocycles. The van der Waals surface area contributed by atoms with E-state index in [-0.39, 0.29) is 11.3 Å². The summed E-state index contributed by atoms with van der Waals surface area (Å²) in [5.41, 5.74) is 3.79. The van der Waals surface area contributed by atoms with Gasteiger partial charge in [0.05, 0.1) is 4.92 Å². The van der Waals surface area contributed by atoms with Gasteiger partial charge in [0, 0.05) is 24.5 Å². The molecule has 0 heterocycles. The van der Waals surface area contributed by atoms with Gasteiger partial charge in [0.2, 0.25) is 0 Å². The molecule has 0 unspecified atom stereocenters. The number of aryl methyl sites for hydroxylation is 2. The number of hydrogen-bond acceptors (Lipinski definition) is 4. The van der Waals surface area contributed by atoms with Crippen molar-refractivity contribution in [2.45, 2.75) is 13.8 Å². The third kappa shape index (κ3) is 2.84. The number of anilines is 2. The highest BCUT2D eigenvalue weighted by Gasteiger charge is 2.17. The molecule has 5 heteroatoms. The second-order valence-electron chi connectivity index (χ2n) is 4.92. The van der Waals surface area contributed by atoms with Gasteiger partial charge < -0.3 is 4.90 Å². The summed E-state index contributed by atoms with van der Waals surface area (Å²) >= 11 is 0. The number of nitro benzene ring substituents is 1.